The van der Waals surface area contributed by atoms with Crippen LogP contribution in [0.5, 0.6) is 0 Å². The monoisotopic (exact) mass is 339 g/mol. The lowest BCUT2D eigenvalue weighted by molar-refractivity contribution is -0.121. The predicted molar refractivity (Wildman–Crippen MR) is 80.5 cm³/mol. The van der Waals surface area contributed by atoms with Crippen LogP contribution in [0.4, 0.5) is 0 Å². The van der Waals surface area contributed by atoms with Gasteiger partial charge in [-0.25, -0.2) is 0 Å². The third-order valence-corrected chi connectivity index (χ3v) is 4.10. The number of nitrogens with two attached hydrogens (primary N) is 1. The number of carbonyl (C=O) groups excluding carboxylic acids is 1. The Kier molecular flexibility index (Phi) is 5.00. The second-order valence-electron chi connectivity index (χ2n) is 5.04. The third kappa shape index (κ3) is 3.72. The largest absolute Gasteiger partial charge is 0.409 e. The minimum Gasteiger partial charge on any atom is -0.409 e. The number of amides is 1. The van der Waals surface area contributed by atoms with Crippen LogP contribution in [-0.4, -0.2) is 23.0 Å². The summed E-state index contributed by atoms with van der Waals surface area (Å²) in [6, 6.07) is 7.63. The summed E-state index contributed by atoms with van der Waals surface area (Å²) in [4.78, 5) is 12.1. The summed E-state index contributed by atoms with van der Waals surface area (Å²) in [5.74, 6) is 0.104. The van der Waals surface area contributed by atoms with Crippen LogP contribution in [0.3, 0.4) is 0 Å². The Morgan fingerprint density at radius 1 is 1.50 bits per heavy atom. The average Bonchev–Trinajstić information content (AvgIpc) is 2.85. The van der Waals surface area contributed by atoms with Crippen molar-refractivity contribution in [3.63, 3.8) is 0 Å². The van der Waals surface area contributed by atoms with E-state index in [4.69, 9.17) is 10.9 Å². The van der Waals surface area contributed by atoms with Crippen molar-refractivity contribution in [2.75, 3.05) is 0 Å². The molecule has 1 amide bonds. The van der Waals surface area contributed by atoms with Gasteiger partial charge in [-0.3, -0.25) is 4.79 Å². The fourth-order valence-electron chi connectivity index (χ4n) is 2.65. The van der Waals surface area contributed by atoms with Crippen molar-refractivity contribution in [2.24, 2.45) is 16.8 Å². The van der Waals surface area contributed by atoms with E-state index in [1.165, 1.54) is 0 Å². The minimum atomic E-state index is -0.0635. The number of carbonyl (C=O) groups is 1. The number of rotatable bonds is 4. The highest BCUT2D eigenvalue weighted by Crippen LogP contribution is 2.26. The topological polar surface area (TPSA) is 87.7 Å². The maximum atomic E-state index is 12.1. The van der Waals surface area contributed by atoms with Crippen molar-refractivity contribution in [2.45, 2.75) is 31.7 Å². The molecule has 0 saturated heterocycles. The summed E-state index contributed by atoms with van der Waals surface area (Å²) in [5, 5.41) is 14.8. The van der Waals surface area contributed by atoms with Gasteiger partial charge in [0.2, 0.25) is 5.91 Å². The first-order valence-electron chi connectivity index (χ1n) is 6.61. The van der Waals surface area contributed by atoms with Gasteiger partial charge in [0.05, 0.1) is 6.42 Å². The molecule has 0 bridgehead atoms. The highest BCUT2D eigenvalue weighted by Gasteiger charge is 2.31. The van der Waals surface area contributed by atoms with Gasteiger partial charge in [-0.15, -0.1) is 0 Å². The van der Waals surface area contributed by atoms with Crippen molar-refractivity contribution in [1.29, 1.82) is 0 Å². The van der Waals surface area contributed by atoms with Crippen molar-refractivity contribution in [3.8, 4) is 0 Å². The minimum absolute atomic E-state index is 0.0364. The lowest BCUT2D eigenvalue weighted by Gasteiger charge is -2.19. The molecular weight excluding hydrogens is 322 g/mol. The number of hydrogen-bond donors (Lipinski definition) is 3. The van der Waals surface area contributed by atoms with Crippen LogP contribution in [0.1, 0.15) is 24.8 Å². The van der Waals surface area contributed by atoms with Crippen molar-refractivity contribution >= 4 is 27.7 Å². The van der Waals surface area contributed by atoms with E-state index in [1.807, 2.05) is 24.3 Å². The van der Waals surface area contributed by atoms with Gasteiger partial charge in [-0.05, 0) is 30.5 Å². The van der Waals surface area contributed by atoms with E-state index in [1.54, 1.807) is 0 Å². The molecule has 5 nitrogen and oxygen atoms in total. The number of nitrogens with zero attached hydrogens (tertiary/aromatic N) is 1. The van der Waals surface area contributed by atoms with Gasteiger partial charge in [0.1, 0.15) is 5.84 Å². The SMILES string of the molecule is NC(=NO)C1CCCC1NC(=O)Cc1cccc(Br)c1. The quantitative estimate of drug-likeness (QED) is 0.339. The van der Waals surface area contributed by atoms with Gasteiger partial charge in [0, 0.05) is 16.4 Å². The molecule has 1 aliphatic rings. The molecule has 1 saturated carbocycles. The number of benzene rings is 1. The lowest BCUT2D eigenvalue weighted by atomic mass is 10.0. The Morgan fingerprint density at radius 3 is 3.00 bits per heavy atom. The van der Waals surface area contributed by atoms with Crippen LogP contribution >= 0.6 is 15.9 Å². The molecule has 1 aromatic carbocycles. The summed E-state index contributed by atoms with van der Waals surface area (Å²) in [5.41, 5.74) is 6.61. The smallest absolute Gasteiger partial charge is 0.224 e. The standard InChI is InChI=1S/C14H18BrN3O2/c15-10-4-1-3-9(7-10)8-13(19)17-12-6-2-5-11(12)14(16)18-20/h1,3-4,7,11-12,20H,2,5-6,8H2,(H2,16,18)(H,17,19). The van der Waals surface area contributed by atoms with Gasteiger partial charge in [-0.1, -0.05) is 39.6 Å². The van der Waals surface area contributed by atoms with Gasteiger partial charge in [-0.2, -0.15) is 0 Å². The van der Waals surface area contributed by atoms with E-state index in [-0.39, 0.29) is 23.7 Å². The fraction of sp³-hybridized carbons (Fsp3) is 0.429. The van der Waals surface area contributed by atoms with E-state index >= 15 is 0 Å². The highest BCUT2D eigenvalue weighted by atomic mass is 79.9. The average molecular weight is 340 g/mol. The molecule has 2 rings (SSSR count). The molecule has 4 N–H and O–H groups in total. The lowest BCUT2D eigenvalue weighted by Crippen LogP contribution is -2.43. The number of amidine groups is 1. The third-order valence-electron chi connectivity index (χ3n) is 3.61. The van der Waals surface area contributed by atoms with E-state index in [0.29, 0.717) is 6.42 Å². The summed E-state index contributed by atoms with van der Waals surface area (Å²) in [7, 11) is 0. The van der Waals surface area contributed by atoms with Crippen LogP contribution in [0.15, 0.2) is 33.9 Å². The molecule has 1 aliphatic carbocycles. The molecule has 0 heterocycles. The molecule has 2 unspecified atom stereocenters. The van der Waals surface area contributed by atoms with Crippen LogP contribution in [0.2, 0.25) is 0 Å². The summed E-state index contributed by atoms with van der Waals surface area (Å²) >= 11 is 3.39. The number of nitrogens with one attached hydrogen (secondary N) is 1. The fourth-order valence-corrected chi connectivity index (χ4v) is 3.10. The van der Waals surface area contributed by atoms with E-state index in [9.17, 15) is 4.79 Å². The molecule has 6 heteroatoms. The summed E-state index contributed by atoms with van der Waals surface area (Å²) in [6.45, 7) is 0. The molecular formula is C14H18BrN3O2. The molecule has 1 aromatic rings. The number of halogens is 1. The van der Waals surface area contributed by atoms with Crippen molar-refractivity contribution < 1.29 is 10.0 Å². The van der Waals surface area contributed by atoms with Crippen molar-refractivity contribution in [1.82, 2.24) is 5.32 Å². The number of hydrogen-bond acceptors (Lipinski definition) is 3. The second kappa shape index (κ2) is 6.74. The molecule has 1 fully saturated rings. The Morgan fingerprint density at radius 2 is 2.30 bits per heavy atom. The molecule has 0 aliphatic heterocycles. The first-order chi connectivity index (χ1) is 9.60. The molecule has 108 valence electrons. The molecule has 2 atom stereocenters. The van der Waals surface area contributed by atoms with E-state index in [2.05, 4.69) is 26.4 Å². The van der Waals surface area contributed by atoms with Crippen LogP contribution in [0, 0.1) is 5.92 Å². The Hall–Kier alpha value is -1.56. The van der Waals surface area contributed by atoms with Gasteiger partial charge >= 0.3 is 0 Å². The van der Waals surface area contributed by atoms with Crippen LogP contribution in [-0.2, 0) is 11.2 Å². The first-order valence-corrected chi connectivity index (χ1v) is 7.40. The van der Waals surface area contributed by atoms with Gasteiger partial charge in [0.25, 0.3) is 0 Å². The van der Waals surface area contributed by atoms with Crippen LogP contribution < -0.4 is 11.1 Å². The van der Waals surface area contributed by atoms with Crippen molar-refractivity contribution in [3.05, 3.63) is 34.3 Å². The maximum Gasteiger partial charge on any atom is 0.224 e. The zero-order valence-electron chi connectivity index (χ0n) is 11.1. The number of oxime groups is 1. The zero-order valence-corrected chi connectivity index (χ0v) is 12.6. The first kappa shape index (κ1) is 14.8. The van der Waals surface area contributed by atoms with E-state index < -0.39 is 0 Å². The Balaban J connectivity index is 1.94. The predicted octanol–water partition coefficient (Wildman–Crippen LogP) is 2.02. The van der Waals surface area contributed by atoms with Gasteiger partial charge < -0.3 is 16.3 Å². The van der Waals surface area contributed by atoms with Crippen LogP contribution in [0.25, 0.3) is 0 Å². The van der Waals surface area contributed by atoms with E-state index in [0.717, 1.165) is 29.3 Å². The summed E-state index contributed by atoms with van der Waals surface area (Å²) in [6.07, 6.45) is 3.02. The highest BCUT2D eigenvalue weighted by molar-refractivity contribution is 9.10. The molecule has 0 aromatic heterocycles. The molecule has 0 radical (unpaired) electrons. The normalized spacial score (nSPS) is 22.8. The second-order valence-corrected chi connectivity index (χ2v) is 5.96. The maximum absolute atomic E-state index is 12.1. The zero-order chi connectivity index (χ0) is 14.5. The molecule has 0 spiro atoms. The summed E-state index contributed by atoms with van der Waals surface area (Å²) < 4.78 is 0.957. The Bertz CT molecular complexity index is 519. The van der Waals surface area contributed by atoms with Gasteiger partial charge in [0.15, 0.2) is 0 Å². The Labute approximate surface area is 126 Å². The molecule has 20 heavy (non-hydrogen) atoms.